The summed E-state index contributed by atoms with van der Waals surface area (Å²) in [4.78, 5) is 28.5. The van der Waals surface area contributed by atoms with Crippen LogP contribution in [0.4, 0.5) is 0 Å². The molecule has 0 heterocycles. The van der Waals surface area contributed by atoms with Crippen LogP contribution in [0.1, 0.15) is 56.6 Å². The number of rotatable bonds is 11. The van der Waals surface area contributed by atoms with Gasteiger partial charge in [0.25, 0.3) is 5.91 Å². The SMILES string of the molecule is CC[C@@H](C(=O)NC1CCCCC1)N(Cc1ccccc1C)C(=O)COc1cc(OC)cc(OC)c1. The molecule has 0 aliphatic heterocycles. The molecule has 1 aliphatic rings. The summed E-state index contributed by atoms with van der Waals surface area (Å²) in [7, 11) is 3.12. The van der Waals surface area contributed by atoms with E-state index >= 15 is 0 Å². The number of carbonyl (C=O) groups is 2. The maximum absolute atomic E-state index is 13.5. The molecule has 35 heavy (non-hydrogen) atoms. The van der Waals surface area contributed by atoms with Gasteiger partial charge in [0.1, 0.15) is 23.3 Å². The number of hydrogen-bond acceptors (Lipinski definition) is 5. The average Bonchev–Trinajstić information content (AvgIpc) is 2.88. The molecule has 1 N–H and O–H groups in total. The van der Waals surface area contributed by atoms with E-state index in [4.69, 9.17) is 14.2 Å². The summed E-state index contributed by atoms with van der Waals surface area (Å²) in [6.45, 7) is 4.10. The minimum atomic E-state index is -0.576. The van der Waals surface area contributed by atoms with Crippen LogP contribution < -0.4 is 19.5 Å². The third kappa shape index (κ3) is 7.38. The van der Waals surface area contributed by atoms with Crippen LogP contribution in [0.2, 0.25) is 0 Å². The van der Waals surface area contributed by atoms with Crippen molar-refractivity contribution < 1.29 is 23.8 Å². The molecule has 0 saturated heterocycles. The predicted octanol–water partition coefficient (Wildman–Crippen LogP) is 4.65. The van der Waals surface area contributed by atoms with Crippen molar-refractivity contribution in [3.63, 3.8) is 0 Å². The van der Waals surface area contributed by atoms with Gasteiger partial charge in [0.05, 0.1) is 14.2 Å². The Bertz CT molecular complexity index is 965. The second-order valence-electron chi connectivity index (χ2n) is 9.05. The summed E-state index contributed by atoms with van der Waals surface area (Å²) < 4.78 is 16.4. The maximum atomic E-state index is 13.5. The fraction of sp³-hybridized carbons (Fsp3) is 0.500. The van der Waals surface area contributed by atoms with Crippen molar-refractivity contribution in [3.8, 4) is 17.2 Å². The standard InChI is InChI=1S/C28H38N2O5/c1-5-26(28(32)29-22-13-7-6-8-14-22)30(18-21-12-10-9-11-20(21)2)27(31)19-35-25-16-23(33-3)15-24(17-25)34-4/h9-12,15-17,22,26H,5-8,13-14,18-19H2,1-4H3,(H,29,32)/t26-/m0/s1. The Morgan fingerprint density at radius 2 is 1.63 bits per heavy atom. The van der Waals surface area contributed by atoms with Crippen molar-refractivity contribution in [3.05, 3.63) is 53.6 Å². The second kappa shape index (κ2) is 13.0. The van der Waals surface area contributed by atoms with Gasteiger partial charge in [-0.3, -0.25) is 9.59 Å². The molecule has 2 aromatic carbocycles. The molecular weight excluding hydrogens is 444 g/mol. The molecule has 3 rings (SSSR count). The van der Waals surface area contributed by atoms with E-state index in [0.717, 1.165) is 36.8 Å². The predicted molar refractivity (Wildman–Crippen MR) is 136 cm³/mol. The first-order valence-electron chi connectivity index (χ1n) is 12.4. The Kier molecular flexibility index (Phi) is 9.82. The normalized spacial score (nSPS) is 14.6. The van der Waals surface area contributed by atoms with Crippen LogP contribution in [0, 0.1) is 6.92 Å². The largest absolute Gasteiger partial charge is 0.496 e. The minimum Gasteiger partial charge on any atom is -0.496 e. The van der Waals surface area contributed by atoms with Crippen LogP contribution in [0.25, 0.3) is 0 Å². The molecule has 190 valence electrons. The summed E-state index contributed by atoms with van der Waals surface area (Å²) in [6.07, 6.45) is 5.98. The van der Waals surface area contributed by atoms with Gasteiger partial charge >= 0.3 is 0 Å². The molecule has 2 amide bonds. The van der Waals surface area contributed by atoms with E-state index in [-0.39, 0.29) is 24.5 Å². The first-order valence-corrected chi connectivity index (χ1v) is 12.4. The number of methoxy groups -OCH3 is 2. The smallest absolute Gasteiger partial charge is 0.261 e. The van der Waals surface area contributed by atoms with E-state index in [2.05, 4.69) is 5.32 Å². The number of amides is 2. The van der Waals surface area contributed by atoms with Crippen molar-refractivity contribution in [2.75, 3.05) is 20.8 Å². The molecule has 0 radical (unpaired) electrons. The lowest BCUT2D eigenvalue weighted by atomic mass is 9.95. The number of benzene rings is 2. The molecule has 2 aromatic rings. The Labute approximate surface area is 208 Å². The van der Waals surface area contributed by atoms with Crippen molar-refractivity contribution in [1.29, 1.82) is 0 Å². The summed E-state index contributed by atoms with van der Waals surface area (Å²) in [5.41, 5.74) is 2.08. The first-order chi connectivity index (χ1) is 16.9. The van der Waals surface area contributed by atoms with Crippen LogP contribution in [-0.2, 0) is 16.1 Å². The van der Waals surface area contributed by atoms with Crippen LogP contribution in [0.5, 0.6) is 17.2 Å². The van der Waals surface area contributed by atoms with Gasteiger partial charge < -0.3 is 24.4 Å². The van der Waals surface area contributed by atoms with Crippen LogP contribution in [0.15, 0.2) is 42.5 Å². The number of nitrogens with zero attached hydrogens (tertiary/aromatic N) is 1. The molecule has 7 heteroatoms. The van der Waals surface area contributed by atoms with Gasteiger partial charge in [0.15, 0.2) is 6.61 Å². The zero-order valence-electron chi connectivity index (χ0n) is 21.3. The van der Waals surface area contributed by atoms with Crippen molar-refractivity contribution in [2.24, 2.45) is 0 Å². The number of nitrogens with one attached hydrogen (secondary N) is 1. The highest BCUT2D eigenvalue weighted by molar-refractivity contribution is 5.88. The molecule has 7 nitrogen and oxygen atoms in total. The molecule has 0 bridgehead atoms. The quantitative estimate of drug-likeness (QED) is 0.505. The van der Waals surface area contributed by atoms with Gasteiger partial charge in [-0.15, -0.1) is 0 Å². The highest BCUT2D eigenvalue weighted by atomic mass is 16.5. The second-order valence-corrected chi connectivity index (χ2v) is 9.05. The van der Waals surface area contributed by atoms with E-state index in [1.807, 2.05) is 38.1 Å². The highest BCUT2D eigenvalue weighted by Gasteiger charge is 2.30. The molecule has 0 spiro atoms. The van der Waals surface area contributed by atoms with Crippen molar-refractivity contribution >= 4 is 11.8 Å². The third-order valence-electron chi connectivity index (χ3n) is 6.63. The lowest BCUT2D eigenvalue weighted by Gasteiger charge is -2.33. The molecule has 0 aromatic heterocycles. The fourth-order valence-electron chi connectivity index (χ4n) is 4.53. The Balaban J connectivity index is 1.79. The number of ether oxygens (including phenoxy) is 3. The van der Waals surface area contributed by atoms with Gasteiger partial charge in [-0.1, -0.05) is 50.5 Å². The van der Waals surface area contributed by atoms with E-state index in [0.29, 0.717) is 30.2 Å². The van der Waals surface area contributed by atoms with Crippen molar-refractivity contribution in [1.82, 2.24) is 10.2 Å². The van der Waals surface area contributed by atoms with E-state index < -0.39 is 6.04 Å². The summed E-state index contributed by atoms with van der Waals surface area (Å²) in [5, 5.41) is 3.20. The monoisotopic (exact) mass is 482 g/mol. The topological polar surface area (TPSA) is 77.1 Å². The Morgan fingerprint density at radius 1 is 1.00 bits per heavy atom. The van der Waals surface area contributed by atoms with E-state index in [1.165, 1.54) is 6.42 Å². The van der Waals surface area contributed by atoms with Gasteiger partial charge in [-0.05, 0) is 37.3 Å². The Hall–Kier alpha value is -3.22. The molecule has 1 aliphatic carbocycles. The van der Waals surface area contributed by atoms with Crippen molar-refractivity contribution in [2.45, 2.75) is 71.0 Å². The molecule has 1 saturated carbocycles. The van der Waals surface area contributed by atoms with Gasteiger partial charge in [-0.25, -0.2) is 0 Å². The van der Waals surface area contributed by atoms with Gasteiger partial charge in [0, 0.05) is 30.8 Å². The number of hydrogen-bond donors (Lipinski definition) is 1. The average molecular weight is 483 g/mol. The molecule has 0 unspecified atom stereocenters. The van der Waals surface area contributed by atoms with Gasteiger partial charge in [0.2, 0.25) is 5.91 Å². The minimum absolute atomic E-state index is 0.0932. The van der Waals surface area contributed by atoms with Crippen LogP contribution >= 0.6 is 0 Å². The highest BCUT2D eigenvalue weighted by Crippen LogP contribution is 2.27. The van der Waals surface area contributed by atoms with Gasteiger partial charge in [-0.2, -0.15) is 0 Å². The summed E-state index contributed by atoms with van der Waals surface area (Å²) in [6, 6.07) is 12.7. The zero-order chi connectivity index (χ0) is 25.2. The fourth-order valence-corrected chi connectivity index (χ4v) is 4.53. The molecule has 1 atom stereocenters. The molecular formula is C28H38N2O5. The van der Waals surface area contributed by atoms with E-state index in [9.17, 15) is 9.59 Å². The maximum Gasteiger partial charge on any atom is 0.261 e. The molecule has 1 fully saturated rings. The van der Waals surface area contributed by atoms with E-state index in [1.54, 1.807) is 37.3 Å². The van der Waals surface area contributed by atoms with Crippen LogP contribution in [0.3, 0.4) is 0 Å². The first kappa shape index (κ1) is 26.4. The number of carbonyl (C=O) groups excluding carboxylic acids is 2. The zero-order valence-corrected chi connectivity index (χ0v) is 21.3. The lowest BCUT2D eigenvalue weighted by molar-refractivity contribution is -0.143. The van der Waals surface area contributed by atoms with Crippen LogP contribution in [-0.4, -0.2) is 49.6 Å². The third-order valence-corrected chi connectivity index (χ3v) is 6.63. The summed E-state index contributed by atoms with van der Waals surface area (Å²) in [5.74, 6) is 1.26. The Morgan fingerprint density at radius 3 is 2.23 bits per heavy atom. The summed E-state index contributed by atoms with van der Waals surface area (Å²) >= 11 is 0. The number of aryl methyl sites for hydroxylation is 1. The lowest BCUT2D eigenvalue weighted by Crippen LogP contribution is -2.52.